The molecule has 0 aromatic carbocycles. The van der Waals surface area contributed by atoms with E-state index in [-0.39, 0.29) is 0 Å². The van der Waals surface area contributed by atoms with Crippen LogP contribution in [0.5, 0.6) is 0 Å². The highest BCUT2D eigenvalue weighted by atomic mass is 35.5. The van der Waals surface area contributed by atoms with Crippen LogP contribution in [0.4, 0.5) is 0 Å². The topological polar surface area (TPSA) is 3.24 Å². The van der Waals surface area contributed by atoms with Gasteiger partial charge in [0.05, 0.1) is 0 Å². The summed E-state index contributed by atoms with van der Waals surface area (Å²) >= 11 is 5.54. The fourth-order valence-electron chi connectivity index (χ4n) is 2.17. The maximum Gasteiger partial charge on any atom is 0.0177 e. The third kappa shape index (κ3) is 3.32. The van der Waals surface area contributed by atoms with Crippen LogP contribution in [0.1, 0.15) is 33.1 Å². The quantitative estimate of drug-likeness (QED) is 0.678. The van der Waals surface area contributed by atoms with Crippen molar-refractivity contribution in [3.63, 3.8) is 0 Å². The number of halogens is 1. The van der Waals surface area contributed by atoms with Crippen LogP contribution >= 0.6 is 11.6 Å². The van der Waals surface area contributed by atoms with Gasteiger partial charge >= 0.3 is 0 Å². The van der Waals surface area contributed by atoms with Crippen LogP contribution in [0, 0.1) is 5.92 Å². The molecular formula is C11H20ClN. The molecule has 13 heavy (non-hydrogen) atoms. The van der Waals surface area contributed by atoms with E-state index >= 15 is 0 Å². The molecular weight excluding hydrogens is 182 g/mol. The first kappa shape index (κ1) is 11.1. The molecule has 1 nitrogen and oxygen atoms in total. The fraction of sp³-hybridized carbons (Fsp3) is 0.818. The number of hydrogen-bond donors (Lipinski definition) is 0. The maximum atomic E-state index is 5.54. The van der Waals surface area contributed by atoms with Gasteiger partial charge in [0.1, 0.15) is 0 Å². The molecule has 0 bridgehead atoms. The van der Waals surface area contributed by atoms with Crippen molar-refractivity contribution >= 4 is 11.6 Å². The van der Waals surface area contributed by atoms with Crippen LogP contribution < -0.4 is 0 Å². The average Bonchev–Trinajstić information content (AvgIpc) is 2.15. The normalized spacial score (nSPS) is 26.0. The molecule has 0 aromatic rings. The summed E-state index contributed by atoms with van der Waals surface area (Å²) in [6.45, 7) is 6.89. The summed E-state index contributed by atoms with van der Waals surface area (Å²) in [4.78, 5) is 2.55. The molecule has 0 spiro atoms. The van der Waals surface area contributed by atoms with E-state index in [1.54, 1.807) is 5.54 Å². The smallest absolute Gasteiger partial charge is 0.0177 e. The van der Waals surface area contributed by atoms with Gasteiger partial charge in [-0.05, 0) is 25.3 Å². The summed E-state index contributed by atoms with van der Waals surface area (Å²) in [6.07, 6.45) is 6.14. The summed E-state index contributed by atoms with van der Waals surface area (Å²) in [5.41, 5.74) is 1.63. The van der Waals surface area contributed by atoms with Crippen LogP contribution in [0.15, 0.2) is 11.6 Å². The van der Waals surface area contributed by atoms with Crippen LogP contribution in [0.3, 0.4) is 0 Å². The van der Waals surface area contributed by atoms with Crippen LogP contribution in [0.25, 0.3) is 0 Å². The summed E-state index contributed by atoms with van der Waals surface area (Å²) < 4.78 is 0. The lowest BCUT2D eigenvalue weighted by molar-refractivity contribution is 0.126. The Balaban J connectivity index is 2.46. The van der Waals surface area contributed by atoms with E-state index in [1.807, 2.05) is 6.08 Å². The molecule has 1 fully saturated rings. The van der Waals surface area contributed by atoms with Crippen LogP contribution in [-0.4, -0.2) is 24.0 Å². The highest BCUT2D eigenvalue weighted by Gasteiger charge is 2.23. The Morgan fingerprint density at radius 2 is 2.23 bits per heavy atom. The van der Waals surface area contributed by atoms with Crippen molar-refractivity contribution in [3.8, 4) is 0 Å². The Hall–Kier alpha value is -0.0100. The maximum absolute atomic E-state index is 5.54. The molecule has 1 aliphatic heterocycles. The zero-order valence-electron chi connectivity index (χ0n) is 8.67. The number of piperidine rings is 1. The van der Waals surface area contributed by atoms with Crippen molar-refractivity contribution < 1.29 is 0 Å². The van der Waals surface area contributed by atoms with Crippen molar-refractivity contribution in [2.75, 3.05) is 13.1 Å². The second-order valence-corrected chi connectivity index (χ2v) is 4.42. The molecule has 0 aromatic heterocycles. The first-order chi connectivity index (χ1) is 6.25. The minimum atomic E-state index is 0.765. The first-order valence-electron chi connectivity index (χ1n) is 5.25. The summed E-state index contributed by atoms with van der Waals surface area (Å²) in [5, 5.41) is 0. The van der Waals surface area contributed by atoms with E-state index in [4.69, 9.17) is 11.6 Å². The second-order valence-electron chi connectivity index (χ2n) is 4.16. The predicted octanol–water partition coefficient (Wildman–Crippen LogP) is 3.25. The summed E-state index contributed by atoms with van der Waals surface area (Å²) in [6, 6.07) is 0.765. The molecule has 76 valence electrons. The molecule has 0 amide bonds. The Kier molecular flexibility index (Phi) is 4.82. The molecule has 0 radical (unpaired) electrons. The van der Waals surface area contributed by atoms with E-state index in [2.05, 4.69) is 18.7 Å². The zero-order valence-corrected chi connectivity index (χ0v) is 9.43. The van der Waals surface area contributed by atoms with Gasteiger partial charge in [-0.15, -0.1) is 0 Å². The lowest BCUT2D eigenvalue weighted by Crippen LogP contribution is -2.42. The van der Waals surface area contributed by atoms with Gasteiger partial charge in [0.25, 0.3) is 0 Å². The monoisotopic (exact) mass is 201 g/mol. The van der Waals surface area contributed by atoms with E-state index in [0.29, 0.717) is 0 Å². The number of nitrogens with zero attached hydrogens (tertiary/aromatic N) is 1. The SMILES string of the molecule is CC(C)C1CCCCN1C/C=C/Cl. The van der Waals surface area contributed by atoms with E-state index < -0.39 is 0 Å². The number of likely N-dealkylation sites (tertiary alicyclic amines) is 1. The molecule has 0 aliphatic carbocycles. The minimum Gasteiger partial charge on any atom is -0.296 e. The van der Waals surface area contributed by atoms with E-state index in [0.717, 1.165) is 18.5 Å². The minimum absolute atomic E-state index is 0.765. The molecule has 1 heterocycles. The lowest BCUT2D eigenvalue weighted by Gasteiger charge is -2.37. The van der Waals surface area contributed by atoms with Crippen molar-refractivity contribution in [2.45, 2.75) is 39.2 Å². The van der Waals surface area contributed by atoms with Crippen molar-refractivity contribution in [2.24, 2.45) is 5.92 Å². The van der Waals surface area contributed by atoms with Gasteiger partial charge in [-0.2, -0.15) is 0 Å². The molecule has 1 unspecified atom stereocenters. The standard InChI is InChI=1S/C11H20ClN/c1-10(2)11-6-3-4-8-13(11)9-5-7-12/h5,7,10-11H,3-4,6,8-9H2,1-2H3/b7-5+. The molecule has 1 atom stereocenters. The highest BCUT2D eigenvalue weighted by Crippen LogP contribution is 2.22. The molecule has 1 aliphatic rings. The zero-order chi connectivity index (χ0) is 9.68. The Labute approximate surface area is 86.8 Å². The largest absolute Gasteiger partial charge is 0.296 e. The molecule has 1 rings (SSSR count). The average molecular weight is 202 g/mol. The Morgan fingerprint density at radius 3 is 2.85 bits per heavy atom. The number of rotatable bonds is 3. The number of hydrogen-bond acceptors (Lipinski definition) is 1. The Bertz CT molecular complexity index is 165. The molecule has 0 N–H and O–H groups in total. The van der Waals surface area contributed by atoms with Crippen molar-refractivity contribution in [1.29, 1.82) is 0 Å². The van der Waals surface area contributed by atoms with Gasteiger partial charge in [0.15, 0.2) is 0 Å². The molecule has 2 heteroatoms. The van der Waals surface area contributed by atoms with Crippen molar-refractivity contribution in [1.82, 2.24) is 4.90 Å². The molecule has 0 saturated carbocycles. The second kappa shape index (κ2) is 5.66. The third-order valence-electron chi connectivity index (χ3n) is 2.86. The van der Waals surface area contributed by atoms with Gasteiger partial charge in [0, 0.05) is 18.1 Å². The van der Waals surface area contributed by atoms with Gasteiger partial charge in [-0.1, -0.05) is 37.9 Å². The molecule has 1 saturated heterocycles. The van der Waals surface area contributed by atoms with Gasteiger partial charge in [-0.25, -0.2) is 0 Å². The summed E-state index contributed by atoms with van der Waals surface area (Å²) in [5.74, 6) is 0.768. The van der Waals surface area contributed by atoms with E-state index in [1.165, 1.54) is 25.8 Å². The van der Waals surface area contributed by atoms with Crippen LogP contribution in [0.2, 0.25) is 0 Å². The highest BCUT2D eigenvalue weighted by molar-refractivity contribution is 6.25. The fourth-order valence-corrected chi connectivity index (χ4v) is 2.25. The van der Waals surface area contributed by atoms with E-state index in [9.17, 15) is 0 Å². The van der Waals surface area contributed by atoms with Gasteiger partial charge in [0.2, 0.25) is 0 Å². The van der Waals surface area contributed by atoms with Gasteiger partial charge in [-0.3, -0.25) is 4.90 Å². The van der Waals surface area contributed by atoms with Gasteiger partial charge < -0.3 is 0 Å². The lowest BCUT2D eigenvalue weighted by atomic mass is 9.93. The van der Waals surface area contributed by atoms with Crippen molar-refractivity contribution in [3.05, 3.63) is 11.6 Å². The van der Waals surface area contributed by atoms with Crippen LogP contribution in [-0.2, 0) is 0 Å². The third-order valence-corrected chi connectivity index (χ3v) is 3.04. The summed E-state index contributed by atoms with van der Waals surface area (Å²) in [7, 11) is 0. The Morgan fingerprint density at radius 1 is 1.46 bits per heavy atom. The first-order valence-corrected chi connectivity index (χ1v) is 5.68. The predicted molar refractivity (Wildman–Crippen MR) is 59.0 cm³/mol.